The monoisotopic (exact) mass is 686 g/mol. The molecule has 3 aromatic rings. The van der Waals surface area contributed by atoms with Crippen molar-refractivity contribution in [2.45, 2.75) is 44.6 Å². The molecule has 0 atom stereocenters. The quantitative estimate of drug-likeness (QED) is 0.0813. The van der Waals surface area contributed by atoms with Crippen molar-refractivity contribution in [2.24, 2.45) is 0 Å². The summed E-state index contributed by atoms with van der Waals surface area (Å²) in [6.45, 7) is -1.39. The second-order valence-electron chi connectivity index (χ2n) is 8.84. The first-order valence-corrected chi connectivity index (χ1v) is 16.1. The molecule has 0 aliphatic heterocycles. The van der Waals surface area contributed by atoms with Gasteiger partial charge in [-0.3, -0.25) is 4.79 Å². The Kier molecular flexibility index (Phi) is 11.4. The van der Waals surface area contributed by atoms with Crippen LogP contribution in [0.3, 0.4) is 0 Å². The van der Waals surface area contributed by atoms with E-state index in [1.54, 1.807) is 0 Å². The van der Waals surface area contributed by atoms with Crippen LogP contribution in [0, 0.1) is 0 Å². The van der Waals surface area contributed by atoms with E-state index in [-0.39, 0.29) is 27.2 Å². The lowest BCUT2D eigenvalue weighted by molar-refractivity contribution is -0.268. The standard InChI is InChI=1S/C28H25ClF6O7S2/c29-18-20-40-24(36)17-10-19-41-25(37)26(27(30,31)32,28(33,34)35)44(38,39)42-43(21-11-4-1-5-12-21,22-13-6-2-7-14-22)23-15-8-3-9-16-23/h1-9,11-16H,10,17-20H2. The zero-order chi connectivity index (χ0) is 32.7. The van der Waals surface area contributed by atoms with Crippen molar-refractivity contribution in [1.29, 1.82) is 0 Å². The van der Waals surface area contributed by atoms with Crippen LogP contribution in [0.25, 0.3) is 0 Å². The van der Waals surface area contributed by atoms with E-state index in [0.29, 0.717) is 0 Å². The van der Waals surface area contributed by atoms with Crippen LogP contribution in [0.1, 0.15) is 12.8 Å². The second-order valence-corrected chi connectivity index (χ2v) is 13.8. The Morgan fingerprint density at radius 3 is 1.43 bits per heavy atom. The van der Waals surface area contributed by atoms with E-state index in [4.69, 9.17) is 15.2 Å². The number of ether oxygens (including phenoxy) is 2. The highest BCUT2D eigenvalue weighted by atomic mass is 35.5. The minimum Gasteiger partial charge on any atom is -0.464 e. The highest BCUT2D eigenvalue weighted by molar-refractivity contribution is 8.33. The number of benzene rings is 3. The fourth-order valence-electron chi connectivity index (χ4n) is 4.03. The summed E-state index contributed by atoms with van der Waals surface area (Å²) in [6, 6.07) is 20.6. The van der Waals surface area contributed by atoms with Crippen molar-refractivity contribution in [1.82, 2.24) is 0 Å². The molecule has 240 valence electrons. The van der Waals surface area contributed by atoms with Crippen LogP contribution in [0.2, 0.25) is 0 Å². The number of halogens is 7. The van der Waals surface area contributed by atoms with Gasteiger partial charge in [-0.2, -0.15) is 34.8 Å². The molecule has 0 radical (unpaired) electrons. The van der Waals surface area contributed by atoms with Gasteiger partial charge in [-0.15, -0.1) is 11.6 Å². The van der Waals surface area contributed by atoms with Crippen LogP contribution in [0.4, 0.5) is 26.3 Å². The van der Waals surface area contributed by atoms with Crippen LogP contribution in [-0.4, -0.2) is 56.5 Å². The van der Waals surface area contributed by atoms with Crippen molar-refractivity contribution in [2.75, 3.05) is 19.1 Å². The largest absolute Gasteiger partial charge is 0.464 e. The zero-order valence-electron chi connectivity index (χ0n) is 22.5. The molecule has 3 aromatic carbocycles. The third-order valence-corrected chi connectivity index (χ3v) is 11.9. The van der Waals surface area contributed by atoms with Gasteiger partial charge in [0.05, 0.1) is 12.5 Å². The molecule has 3 rings (SSSR count). The van der Waals surface area contributed by atoms with E-state index in [1.807, 2.05) is 0 Å². The summed E-state index contributed by atoms with van der Waals surface area (Å²) in [4.78, 5) is 24.2. The first-order valence-electron chi connectivity index (χ1n) is 12.6. The molecule has 0 aliphatic rings. The van der Waals surface area contributed by atoms with Crippen LogP contribution in [0.5, 0.6) is 0 Å². The lowest BCUT2D eigenvalue weighted by Gasteiger charge is -2.42. The smallest absolute Gasteiger partial charge is 0.430 e. The normalized spacial score (nSPS) is 13.2. The van der Waals surface area contributed by atoms with Crippen molar-refractivity contribution >= 4 is 44.0 Å². The summed E-state index contributed by atoms with van der Waals surface area (Å²) in [5, 5.41) is 0. The van der Waals surface area contributed by atoms with Gasteiger partial charge in [0.15, 0.2) is 0 Å². The fraction of sp³-hybridized carbons (Fsp3) is 0.286. The van der Waals surface area contributed by atoms with E-state index in [1.165, 1.54) is 91.0 Å². The molecule has 0 saturated heterocycles. The molecule has 0 aliphatic carbocycles. The molecule has 0 N–H and O–H groups in total. The third-order valence-electron chi connectivity index (χ3n) is 5.98. The highest BCUT2D eigenvalue weighted by Gasteiger charge is 2.86. The number of carbonyl (C=O) groups is 2. The first-order chi connectivity index (χ1) is 20.6. The molecule has 0 aromatic heterocycles. The van der Waals surface area contributed by atoms with Gasteiger partial charge in [0.1, 0.15) is 6.61 Å². The van der Waals surface area contributed by atoms with E-state index >= 15 is 0 Å². The molecule has 0 fully saturated rings. The van der Waals surface area contributed by atoms with Gasteiger partial charge >= 0.3 is 39.2 Å². The summed E-state index contributed by atoms with van der Waals surface area (Å²) < 4.78 is 123. The molecule has 0 heterocycles. The zero-order valence-corrected chi connectivity index (χ0v) is 24.9. The van der Waals surface area contributed by atoms with Gasteiger partial charge in [-0.25, -0.2) is 8.42 Å². The Hall–Kier alpha value is -3.27. The Labute approximate surface area is 255 Å². The van der Waals surface area contributed by atoms with Crippen LogP contribution < -0.4 is 0 Å². The molecule has 0 unspecified atom stereocenters. The molecule has 0 saturated carbocycles. The Morgan fingerprint density at radius 2 is 1.07 bits per heavy atom. The summed E-state index contributed by atoms with van der Waals surface area (Å²) in [7, 11) is -11.0. The van der Waals surface area contributed by atoms with E-state index in [2.05, 4.69) is 9.47 Å². The maximum atomic E-state index is 14.6. The van der Waals surface area contributed by atoms with E-state index in [9.17, 15) is 44.3 Å². The Morgan fingerprint density at radius 1 is 0.659 bits per heavy atom. The van der Waals surface area contributed by atoms with Crippen molar-refractivity contribution < 1.29 is 57.5 Å². The maximum Gasteiger partial charge on any atom is 0.430 e. The van der Waals surface area contributed by atoms with Crippen LogP contribution in [-0.2, 0) is 32.8 Å². The molecule has 44 heavy (non-hydrogen) atoms. The summed E-state index contributed by atoms with van der Waals surface area (Å²) >= 11 is 5.36. The number of alkyl halides is 7. The molecule has 16 heteroatoms. The topological polar surface area (TPSA) is 96.0 Å². The van der Waals surface area contributed by atoms with Crippen molar-refractivity contribution in [3.05, 3.63) is 91.0 Å². The average molecular weight is 687 g/mol. The number of hydrogen-bond acceptors (Lipinski definition) is 7. The third kappa shape index (κ3) is 7.00. The number of carbonyl (C=O) groups excluding carboxylic acids is 2. The van der Waals surface area contributed by atoms with E-state index in [0.717, 1.165) is 0 Å². The van der Waals surface area contributed by atoms with Gasteiger partial charge in [-0.05, 0) is 53.1 Å². The minimum absolute atomic E-state index is 0.0727. The van der Waals surface area contributed by atoms with Crippen molar-refractivity contribution in [3.8, 4) is 0 Å². The average Bonchev–Trinajstić information content (AvgIpc) is 2.97. The second kappa shape index (κ2) is 14.2. The van der Waals surface area contributed by atoms with Gasteiger partial charge in [0, 0.05) is 21.1 Å². The van der Waals surface area contributed by atoms with Gasteiger partial charge in [0.25, 0.3) is 0 Å². The Balaban J connectivity index is 2.22. The molecule has 0 spiro atoms. The van der Waals surface area contributed by atoms with Crippen LogP contribution >= 0.6 is 21.9 Å². The first kappa shape index (κ1) is 35.2. The predicted octanol–water partition coefficient (Wildman–Crippen LogP) is 7.20. The molecule has 0 amide bonds. The van der Waals surface area contributed by atoms with Crippen LogP contribution in [0.15, 0.2) is 106 Å². The lowest BCUT2D eigenvalue weighted by Crippen LogP contribution is -2.68. The molecule has 7 nitrogen and oxygen atoms in total. The summed E-state index contributed by atoms with van der Waals surface area (Å²) in [5.74, 6) is -4.18. The predicted molar refractivity (Wildman–Crippen MR) is 148 cm³/mol. The summed E-state index contributed by atoms with van der Waals surface area (Å²) in [6.07, 6.45) is -14.8. The van der Waals surface area contributed by atoms with Gasteiger partial charge in [0.2, 0.25) is 0 Å². The maximum absolute atomic E-state index is 14.6. The molecular weight excluding hydrogens is 662 g/mol. The fourth-order valence-corrected chi connectivity index (χ4v) is 9.80. The lowest BCUT2D eigenvalue weighted by atomic mass is 10.1. The highest BCUT2D eigenvalue weighted by Crippen LogP contribution is 2.71. The number of hydrogen-bond donors (Lipinski definition) is 0. The number of esters is 2. The van der Waals surface area contributed by atoms with Gasteiger partial charge in [-0.1, -0.05) is 54.6 Å². The molecule has 0 bridgehead atoms. The summed E-state index contributed by atoms with van der Waals surface area (Å²) in [5.41, 5.74) is 0. The minimum atomic E-state index is -7.06. The molecular formula is C28H25ClF6O7S2. The van der Waals surface area contributed by atoms with Gasteiger partial charge < -0.3 is 9.47 Å². The van der Waals surface area contributed by atoms with Crippen molar-refractivity contribution in [3.63, 3.8) is 0 Å². The number of rotatable bonds is 13. The van der Waals surface area contributed by atoms with E-state index < -0.39 is 68.9 Å². The Bertz CT molecular complexity index is 1390. The SMILES string of the molecule is O=C(CCCOC(=O)C(C(F)(F)F)(C(F)(F)F)S(=O)(=O)OS(c1ccccc1)(c1ccccc1)c1ccccc1)OCCCl.